The highest BCUT2D eigenvalue weighted by Crippen LogP contribution is 2.42. The van der Waals surface area contributed by atoms with Gasteiger partial charge in [0, 0.05) is 35.4 Å². The molecule has 2 heterocycles. The maximum Gasteiger partial charge on any atom is 0.411 e. The molecule has 1 aliphatic rings. The van der Waals surface area contributed by atoms with Crippen LogP contribution in [0.5, 0.6) is 0 Å². The first-order valence-electron chi connectivity index (χ1n) is 18.2. The van der Waals surface area contributed by atoms with Gasteiger partial charge in [-0.1, -0.05) is 38.1 Å². The number of fused-ring (bicyclic) bond motifs is 1. The van der Waals surface area contributed by atoms with E-state index in [0.29, 0.717) is 24.6 Å². The number of aryl methyl sites for hydroxylation is 1. The molecule has 0 aliphatic heterocycles. The zero-order chi connectivity index (χ0) is 39.7. The second-order valence-corrected chi connectivity index (χ2v) is 14.7. The number of aliphatic carboxylic acids is 1. The monoisotopic (exact) mass is 761 g/mol. The van der Waals surface area contributed by atoms with Gasteiger partial charge >= 0.3 is 17.8 Å². The van der Waals surface area contributed by atoms with E-state index in [-0.39, 0.29) is 35.4 Å². The lowest BCUT2D eigenvalue weighted by atomic mass is 9.77. The van der Waals surface area contributed by atoms with Crippen molar-refractivity contribution in [1.29, 1.82) is 0 Å². The average molecular weight is 762 g/mol. The number of amides is 1. The molecular formula is C40H43F4N7O4. The number of imidazole rings is 1. The van der Waals surface area contributed by atoms with E-state index in [1.807, 2.05) is 31.2 Å². The Morgan fingerprint density at radius 1 is 0.945 bits per heavy atom. The standard InChI is InChI=1S/C40H43F4N7O4/c1-21(2)34-47-31-16-22(3)30(19-32(31)48-34)25-8-4-23(5-9-25)17-28(18-33(52)26-10-6-24(20-45)7-11-26)36(53)46-29-14-12-27(13-15-29)35-49-37(51-50-35)39(41,42)40(43,44)38(54)55/h4-5,8-9,12-16,19,21,24,26,28H,6-7,10-11,17-18,20,45H2,1-3H3,(H,46,53)(H,47,48)(H,54,55)(H,49,50,51)/t24?,26?,28-/m1/s1. The molecule has 1 atom stereocenters. The van der Waals surface area contributed by atoms with Crippen LogP contribution in [0.25, 0.3) is 33.5 Å². The number of carbonyl (C=O) groups is 3. The summed E-state index contributed by atoms with van der Waals surface area (Å²) in [5.74, 6) is -15.2. The molecule has 15 heteroatoms. The quantitative estimate of drug-likeness (QED) is 0.0712. The van der Waals surface area contributed by atoms with Gasteiger partial charge in [0.25, 0.3) is 0 Å². The predicted molar refractivity (Wildman–Crippen MR) is 199 cm³/mol. The van der Waals surface area contributed by atoms with E-state index in [2.05, 4.69) is 46.4 Å². The maximum absolute atomic E-state index is 14.2. The Balaban J connectivity index is 1.19. The Morgan fingerprint density at radius 3 is 2.22 bits per heavy atom. The van der Waals surface area contributed by atoms with Crippen LogP contribution in [-0.4, -0.2) is 60.4 Å². The van der Waals surface area contributed by atoms with Crippen molar-refractivity contribution in [2.45, 2.75) is 77.1 Å². The van der Waals surface area contributed by atoms with Gasteiger partial charge in [0.15, 0.2) is 5.82 Å². The third kappa shape index (κ3) is 8.31. The van der Waals surface area contributed by atoms with Crippen molar-refractivity contribution >= 4 is 34.4 Å². The molecule has 5 aromatic rings. The highest BCUT2D eigenvalue weighted by molar-refractivity contribution is 5.96. The molecule has 290 valence electrons. The van der Waals surface area contributed by atoms with Crippen LogP contribution in [0.1, 0.15) is 74.6 Å². The molecule has 11 nitrogen and oxygen atoms in total. The lowest BCUT2D eigenvalue weighted by molar-refractivity contribution is -0.231. The number of anilines is 1. The molecule has 3 aromatic carbocycles. The number of aromatic amines is 2. The molecule has 55 heavy (non-hydrogen) atoms. The Morgan fingerprint density at radius 2 is 1.60 bits per heavy atom. The number of halogens is 4. The van der Waals surface area contributed by atoms with E-state index in [4.69, 9.17) is 15.8 Å². The van der Waals surface area contributed by atoms with Crippen molar-refractivity contribution in [3.8, 4) is 22.5 Å². The van der Waals surface area contributed by atoms with Crippen molar-refractivity contribution < 1.29 is 37.1 Å². The van der Waals surface area contributed by atoms with Crippen molar-refractivity contribution in [1.82, 2.24) is 25.1 Å². The number of ketones is 1. The van der Waals surface area contributed by atoms with Gasteiger partial charge < -0.3 is 21.1 Å². The highest BCUT2D eigenvalue weighted by Gasteiger charge is 2.65. The van der Waals surface area contributed by atoms with E-state index in [9.17, 15) is 31.9 Å². The fraction of sp³-hybridized carbons (Fsp3) is 0.400. The minimum absolute atomic E-state index is 0.0250. The van der Waals surface area contributed by atoms with Gasteiger partial charge in [-0.15, -0.1) is 0 Å². The number of hydrogen-bond acceptors (Lipinski definition) is 7. The summed E-state index contributed by atoms with van der Waals surface area (Å²) in [4.78, 5) is 49.7. The molecule has 0 bridgehead atoms. The number of carbonyl (C=O) groups excluding carboxylic acids is 2. The summed E-state index contributed by atoms with van der Waals surface area (Å²) in [6, 6.07) is 17.7. The Hall–Kier alpha value is -5.44. The number of nitrogens with zero attached hydrogens (tertiary/aromatic N) is 3. The third-order valence-electron chi connectivity index (χ3n) is 10.5. The molecule has 0 unspecified atom stereocenters. The number of nitrogens with one attached hydrogen (secondary N) is 3. The summed E-state index contributed by atoms with van der Waals surface area (Å²) in [5.41, 5.74) is 12.1. The lowest BCUT2D eigenvalue weighted by Crippen LogP contribution is -2.45. The number of nitrogens with two attached hydrogens (primary N) is 1. The molecular weight excluding hydrogens is 718 g/mol. The highest BCUT2D eigenvalue weighted by atomic mass is 19.3. The fourth-order valence-electron chi connectivity index (χ4n) is 7.02. The van der Waals surface area contributed by atoms with E-state index < -0.39 is 35.5 Å². The Labute approximate surface area is 314 Å². The number of carboxylic acids is 1. The van der Waals surface area contributed by atoms with Crippen molar-refractivity contribution in [2.75, 3.05) is 11.9 Å². The van der Waals surface area contributed by atoms with Gasteiger partial charge in [-0.2, -0.15) is 22.7 Å². The van der Waals surface area contributed by atoms with Crippen molar-refractivity contribution in [2.24, 2.45) is 23.5 Å². The second kappa shape index (κ2) is 15.7. The Kier molecular flexibility index (Phi) is 11.2. The van der Waals surface area contributed by atoms with Crippen molar-refractivity contribution in [3.05, 3.63) is 83.4 Å². The summed E-state index contributed by atoms with van der Waals surface area (Å²) >= 11 is 0. The minimum Gasteiger partial charge on any atom is -0.477 e. The molecule has 1 aliphatic carbocycles. The van der Waals surface area contributed by atoms with Crippen LogP contribution in [0.15, 0.2) is 60.7 Å². The maximum atomic E-state index is 14.2. The predicted octanol–water partition coefficient (Wildman–Crippen LogP) is 7.78. The first-order chi connectivity index (χ1) is 26.1. The van der Waals surface area contributed by atoms with Crippen LogP contribution in [0.2, 0.25) is 0 Å². The molecule has 1 saturated carbocycles. The van der Waals surface area contributed by atoms with Crippen LogP contribution in [0.3, 0.4) is 0 Å². The van der Waals surface area contributed by atoms with Crippen LogP contribution in [0, 0.1) is 24.7 Å². The number of aromatic nitrogens is 5. The van der Waals surface area contributed by atoms with E-state index >= 15 is 0 Å². The number of hydrogen-bond donors (Lipinski definition) is 5. The van der Waals surface area contributed by atoms with Gasteiger partial charge in [-0.3, -0.25) is 14.7 Å². The number of rotatable bonds is 14. The Bertz CT molecular complexity index is 2170. The zero-order valence-electron chi connectivity index (χ0n) is 30.6. The van der Waals surface area contributed by atoms with E-state index in [1.54, 1.807) is 5.10 Å². The largest absolute Gasteiger partial charge is 0.477 e. The number of carboxylic acid groups (broad SMARTS) is 1. The topological polar surface area (TPSA) is 180 Å². The smallest absolute Gasteiger partial charge is 0.411 e. The first-order valence-corrected chi connectivity index (χ1v) is 18.2. The summed E-state index contributed by atoms with van der Waals surface area (Å²) < 4.78 is 55.8. The molecule has 0 spiro atoms. The molecule has 0 saturated heterocycles. The average Bonchev–Trinajstić information content (AvgIpc) is 3.83. The second-order valence-electron chi connectivity index (χ2n) is 14.7. The molecule has 2 aromatic heterocycles. The molecule has 6 rings (SSSR count). The molecule has 0 radical (unpaired) electrons. The van der Waals surface area contributed by atoms with Gasteiger partial charge in [-0.05, 0) is 110 Å². The molecule has 1 amide bonds. The lowest BCUT2D eigenvalue weighted by Gasteiger charge is -2.27. The van der Waals surface area contributed by atoms with Crippen LogP contribution >= 0.6 is 0 Å². The van der Waals surface area contributed by atoms with Crippen LogP contribution in [0.4, 0.5) is 23.2 Å². The fourth-order valence-corrected chi connectivity index (χ4v) is 7.02. The molecule has 6 N–H and O–H groups in total. The molecule has 1 fully saturated rings. The number of Topliss-reactive ketones (excluding diaryl/α,β-unsaturated/α-hetero) is 1. The van der Waals surface area contributed by atoms with Gasteiger partial charge in [0.05, 0.1) is 11.0 Å². The van der Waals surface area contributed by atoms with Crippen LogP contribution in [-0.2, 0) is 26.7 Å². The summed E-state index contributed by atoms with van der Waals surface area (Å²) in [6.07, 6.45) is 3.51. The van der Waals surface area contributed by atoms with Crippen molar-refractivity contribution in [3.63, 3.8) is 0 Å². The van der Waals surface area contributed by atoms with Gasteiger partial charge in [0.1, 0.15) is 11.6 Å². The summed E-state index contributed by atoms with van der Waals surface area (Å²) in [5, 5.41) is 16.7. The summed E-state index contributed by atoms with van der Waals surface area (Å²) in [7, 11) is 0. The van der Waals surface area contributed by atoms with Crippen LogP contribution < -0.4 is 11.1 Å². The summed E-state index contributed by atoms with van der Waals surface area (Å²) in [6.45, 7) is 6.79. The SMILES string of the molecule is Cc1cc2[nH]c(C(C)C)nc2cc1-c1ccc(C[C@H](CC(=O)C2CCC(CN)CC2)C(=O)Nc2ccc(-c3n[nH]c(C(F)(F)C(F)(F)C(=O)O)n3)cc2)cc1. The number of H-pyrrole nitrogens is 2. The van der Waals surface area contributed by atoms with E-state index in [1.165, 1.54) is 24.3 Å². The number of benzene rings is 3. The zero-order valence-corrected chi connectivity index (χ0v) is 30.6. The number of alkyl halides is 4. The minimum atomic E-state index is -5.42. The third-order valence-corrected chi connectivity index (χ3v) is 10.5. The normalized spacial score (nSPS) is 17.0. The van der Waals surface area contributed by atoms with Gasteiger partial charge in [0.2, 0.25) is 11.7 Å². The van der Waals surface area contributed by atoms with E-state index in [0.717, 1.165) is 64.8 Å². The van der Waals surface area contributed by atoms with Gasteiger partial charge in [-0.25, -0.2) is 14.8 Å². The first kappa shape index (κ1) is 39.3.